The summed E-state index contributed by atoms with van der Waals surface area (Å²) in [7, 11) is 0. The molecule has 0 radical (unpaired) electrons. The van der Waals surface area contributed by atoms with E-state index < -0.39 is 18.5 Å². The molecular weight excluding hydrogens is 394 g/mol. The van der Waals surface area contributed by atoms with Crippen LogP contribution in [0, 0.1) is 0 Å². The van der Waals surface area contributed by atoms with E-state index in [0.717, 1.165) is 12.0 Å². The van der Waals surface area contributed by atoms with E-state index >= 15 is 0 Å². The van der Waals surface area contributed by atoms with E-state index in [9.17, 15) is 14.4 Å². The van der Waals surface area contributed by atoms with E-state index in [1.54, 1.807) is 38.1 Å². The average molecular weight is 421 g/mol. The number of fused-ring (bicyclic) bond motifs is 1. The molecule has 3 aromatic rings. The van der Waals surface area contributed by atoms with Gasteiger partial charge in [-0.2, -0.15) is 5.10 Å². The van der Waals surface area contributed by atoms with Crippen molar-refractivity contribution in [2.45, 2.75) is 46.2 Å². The van der Waals surface area contributed by atoms with Crippen molar-refractivity contribution in [3.8, 4) is 0 Å². The number of esters is 1. The Kier molecular flexibility index (Phi) is 6.84. The summed E-state index contributed by atoms with van der Waals surface area (Å²) in [5.74, 6) is -1.16. The highest BCUT2D eigenvalue weighted by Gasteiger charge is 2.20. The fourth-order valence-corrected chi connectivity index (χ4v) is 3.32. The Morgan fingerprint density at radius 3 is 2.29 bits per heavy atom. The van der Waals surface area contributed by atoms with Crippen LogP contribution in [0.5, 0.6) is 0 Å². The quantitative estimate of drug-likeness (QED) is 0.589. The van der Waals surface area contributed by atoms with E-state index in [4.69, 9.17) is 4.74 Å². The number of aryl methyl sites for hydroxylation is 1. The third kappa shape index (κ3) is 4.99. The molecule has 0 spiro atoms. The van der Waals surface area contributed by atoms with Gasteiger partial charge in [0.05, 0.1) is 17.5 Å². The van der Waals surface area contributed by atoms with Gasteiger partial charge in [0, 0.05) is 5.39 Å². The standard InChI is InChI=1S/C24H27N3O4/c1-5-17-10-12-18(13-11-17)16(4)25-21(28)14-31-24(30)22-19-8-6-7-9-20(19)23(29)27(26-22)15(2)3/h6-13,15-16H,5,14H2,1-4H3,(H,25,28). The molecule has 1 aromatic heterocycles. The molecule has 1 atom stereocenters. The highest BCUT2D eigenvalue weighted by Crippen LogP contribution is 2.16. The van der Waals surface area contributed by atoms with Crippen molar-refractivity contribution in [2.24, 2.45) is 0 Å². The fraction of sp³-hybridized carbons (Fsp3) is 0.333. The van der Waals surface area contributed by atoms with Gasteiger partial charge in [-0.3, -0.25) is 9.59 Å². The number of aromatic nitrogens is 2. The molecule has 0 aliphatic rings. The number of nitrogens with one attached hydrogen (secondary N) is 1. The Morgan fingerprint density at radius 2 is 1.68 bits per heavy atom. The molecule has 7 nitrogen and oxygen atoms in total. The van der Waals surface area contributed by atoms with Gasteiger partial charge in [0.25, 0.3) is 11.5 Å². The van der Waals surface area contributed by atoms with Crippen LogP contribution in [0.4, 0.5) is 0 Å². The molecule has 162 valence electrons. The van der Waals surface area contributed by atoms with Crippen LogP contribution in [0.3, 0.4) is 0 Å². The topological polar surface area (TPSA) is 90.3 Å². The van der Waals surface area contributed by atoms with Crippen LogP contribution < -0.4 is 10.9 Å². The number of hydrogen-bond acceptors (Lipinski definition) is 5. The first-order valence-electron chi connectivity index (χ1n) is 10.4. The highest BCUT2D eigenvalue weighted by atomic mass is 16.5. The fourth-order valence-electron chi connectivity index (χ4n) is 3.32. The summed E-state index contributed by atoms with van der Waals surface area (Å²) in [6, 6.07) is 14.3. The molecule has 0 saturated heterocycles. The van der Waals surface area contributed by atoms with Gasteiger partial charge in [-0.05, 0) is 44.4 Å². The first-order chi connectivity index (χ1) is 14.8. The Labute approximate surface area is 181 Å². The lowest BCUT2D eigenvalue weighted by molar-refractivity contribution is -0.124. The maximum Gasteiger partial charge on any atom is 0.359 e. The summed E-state index contributed by atoms with van der Waals surface area (Å²) in [4.78, 5) is 37.6. The number of amides is 1. The Morgan fingerprint density at radius 1 is 1.03 bits per heavy atom. The largest absolute Gasteiger partial charge is 0.451 e. The number of hydrogen-bond donors (Lipinski definition) is 1. The maximum atomic E-state index is 12.7. The molecule has 1 N–H and O–H groups in total. The molecular formula is C24H27N3O4. The zero-order valence-corrected chi connectivity index (χ0v) is 18.2. The minimum absolute atomic E-state index is 0.0138. The van der Waals surface area contributed by atoms with E-state index in [1.165, 1.54) is 10.2 Å². The first kappa shape index (κ1) is 22.2. The summed E-state index contributed by atoms with van der Waals surface area (Å²) >= 11 is 0. The normalized spacial score (nSPS) is 12.0. The van der Waals surface area contributed by atoms with E-state index in [0.29, 0.717) is 10.8 Å². The Bertz CT molecular complexity index is 1150. The number of benzene rings is 2. The molecule has 0 fully saturated rings. The van der Waals surface area contributed by atoms with Crippen LogP contribution in [-0.4, -0.2) is 28.3 Å². The Balaban J connectivity index is 1.71. The molecule has 1 heterocycles. The van der Waals surface area contributed by atoms with Crippen molar-refractivity contribution in [2.75, 3.05) is 6.61 Å². The van der Waals surface area contributed by atoms with Crippen LogP contribution in [0.2, 0.25) is 0 Å². The molecule has 0 bridgehead atoms. The molecule has 2 aromatic carbocycles. The SMILES string of the molecule is CCc1ccc(C(C)NC(=O)COC(=O)c2nn(C(C)C)c(=O)c3ccccc23)cc1. The van der Waals surface area contributed by atoms with E-state index in [2.05, 4.69) is 17.3 Å². The second kappa shape index (κ2) is 9.55. The lowest BCUT2D eigenvalue weighted by atomic mass is 10.1. The lowest BCUT2D eigenvalue weighted by Gasteiger charge is -2.15. The Hall–Kier alpha value is -3.48. The number of ether oxygens (including phenoxy) is 1. The van der Waals surface area contributed by atoms with Crippen molar-refractivity contribution in [3.63, 3.8) is 0 Å². The van der Waals surface area contributed by atoms with Crippen LogP contribution in [-0.2, 0) is 16.0 Å². The van der Waals surface area contributed by atoms with Gasteiger partial charge in [0.15, 0.2) is 12.3 Å². The van der Waals surface area contributed by atoms with Gasteiger partial charge in [0.2, 0.25) is 0 Å². The van der Waals surface area contributed by atoms with Gasteiger partial charge in [-0.1, -0.05) is 49.4 Å². The smallest absolute Gasteiger partial charge is 0.359 e. The van der Waals surface area contributed by atoms with Gasteiger partial charge >= 0.3 is 5.97 Å². The van der Waals surface area contributed by atoms with Gasteiger partial charge < -0.3 is 10.1 Å². The van der Waals surface area contributed by atoms with Gasteiger partial charge in [0.1, 0.15) is 0 Å². The molecule has 1 amide bonds. The lowest BCUT2D eigenvalue weighted by Crippen LogP contribution is -2.32. The third-order valence-electron chi connectivity index (χ3n) is 5.11. The minimum Gasteiger partial charge on any atom is -0.451 e. The second-order valence-corrected chi connectivity index (χ2v) is 7.70. The zero-order valence-electron chi connectivity index (χ0n) is 18.2. The molecule has 1 unspecified atom stereocenters. The average Bonchev–Trinajstić information content (AvgIpc) is 2.77. The zero-order chi connectivity index (χ0) is 22.5. The number of nitrogens with zero attached hydrogens (tertiary/aromatic N) is 2. The molecule has 0 aliphatic carbocycles. The first-order valence-corrected chi connectivity index (χ1v) is 10.4. The van der Waals surface area contributed by atoms with Crippen molar-refractivity contribution in [3.05, 3.63) is 75.7 Å². The highest BCUT2D eigenvalue weighted by molar-refractivity contribution is 6.02. The summed E-state index contributed by atoms with van der Waals surface area (Å²) in [5, 5.41) is 7.81. The summed E-state index contributed by atoms with van der Waals surface area (Å²) in [5.41, 5.74) is 1.93. The minimum atomic E-state index is -0.749. The number of carbonyl (C=O) groups excluding carboxylic acids is 2. The van der Waals surface area contributed by atoms with Crippen molar-refractivity contribution < 1.29 is 14.3 Å². The molecule has 3 rings (SSSR count). The summed E-state index contributed by atoms with van der Waals surface area (Å²) < 4.78 is 6.47. The van der Waals surface area contributed by atoms with Crippen LogP contribution in [0.15, 0.2) is 53.3 Å². The summed E-state index contributed by atoms with van der Waals surface area (Å²) in [6.45, 7) is 7.13. The van der Waals surface area contributed by atoms with Gasteiger partial charge in [-0.15, -0.1) is 0 Å². The van der Waals surface area contributed by atoms with Crippen LogP contribution >= 0.6 is 0 Å². The third-order valence-corrected chi connectivity index (χ3v) is 5.11. The van der Waals surface area contributed by atoms with Crippen molar-refractivity contribution >= 4 is 22.6 Å². The predicted octanol–water partition coefficient (Wildman–Crippen LogP) is 3.57. The van der Waals surface area contributed by atoms with Crippen molar-refractivity contribution in [1.29, 1.82) is 0 Å². The van der Waals surface area contributed by atoms with Crippen LogP contribution in [0.1, 0.15) is 61.4 Å². The molecule has 0 aliphatic heterocycles. The number of rotatable bonds is 7. The van der Waals surface area contributed by atoms with Crippen LogP contribution in [0.25, 0.3) is 10.8 Å². The van der Waals surface area contributed by atoms with E-state index in [-0.39, 0.29) is 23.3 Å². The molecule has 31 heavy (non-hydrogen) atoms. The molecule has 0 saturated carbocycles. The van der Waals surface area contributed by atoms with Gasteiger partial charge in [-0.25, -0.2) is 9.48 Å². The van der Waals surface area contributed by atoms with Crippen molar-refractivity contribution in [1.82, 2.24) is 15.1 Å². The monoisotopic (exact) mass is 421 g/mol. The molecule has 7 heteroatoms. The second-order valence-electron chi connectivity index (χ2n) is 7.70. The van der Waals surface area contributed by atoms with E-state index in [1.807, 2.05) is 31.2 Å². The summed E-state index contributed by atoms with van der Waals surface area (Å²) in [6.07, 6.45) is 0.948. The number of carbonyl (C=O) groups is 2. The predicted molar refractivity (Wildman–Crippen MR) is 119 cm³/mol. The maximum absolute atomic E-state index is 12.7.